The van der Waals surface area contributed by atoms with E-state index in [4.69, 9.17) is 4.74 Å². The quantitative estimate of drug-likeness (QED) is 0.528. The standard InChI is InChI=1S/C23H24F3N3O/c24-23(25,26)21-19(12-13-29-20(14-15-6-7-15)27-28-22(21)29)30-18-10-8-17(9-11-18)16-4-2-1-3-5-16/h1-5,12-13,15,17-18H,6-11,14H2/t17-,18-. The van der Waals surface area contributed by atoms with Crippen LogP contribution in [0, 0.1) is 5.92 Å². The van der Waals surface area contributed by atoms with E-state index in [1.54, 1.807) is 6.20 Å². The zero-order valence-electron chi connectivity index (χ0n) is 16.6. The van der Waals surface area contributed by atoms with Gasteiger partial charge in [-0.2, -0.15) is 13.2 Å². The van der Waals surface area contributed by atoms with Crippen LogP contribution in [-0.2, 0) is 12.6 Å². The van der Waals surface area contributed by atoms with E-state index in [1.165, 1.54) is 16.0 Å². The van der Waals surface area contributed by atoms with Crippen molar-refractivity contribution in [3.8, 4) is 5.75 Å². The fraction of sp³-hybridized carbons (Fsp3) is 0.478. The highest BCUT2D eigenvalue weighted by Crippen LogP contribution is 2.42. The van der Waals surface area contributed by atoms with Crippen molar-refractivity contribution in [3.05, 3.63) is 59.5 Å². The summed E-state index contributed by atoms with van der Waals surface area (Å²) in [6.45, 7) is 0. The lowest BCUT2D eigenvalue weighted by atomic mass is 9.83. The molecule has 0 radical (unpaired) electrons. The fourth-order valence-corrected chi connectivity index (χ4v) is 4.49. The Morgan fingerprint density at radius 1 is 0.933 bits per heavy atom. The van der Waals surface area contributed by atoms with E-state index in [0.717, 1.165) is 38.5 Å². The van der Waals surface area contributed by atoms with Crippen LogP contribution in [0.2, 0.25) is 0 Å². The van der Waals surface area contributed by atoms with E-state index in [1.807, 2.05) is 18.2 Å². The SMILES string of the molecule is FC(F)(F)c1c(O[C@H]2CC[C@H](c3ccccc3)CC2)ccn2c(CC3CC3)nnc12. The molecule has 158 valence electrons. The summed E-state index contributed by atoms with van der Waals surface area (Å²) in [6.07, 6.45) is 3.02. The monoisotopic (exact) mass is 415 g/mol. The number of benzene rings is 1. The first-order chi connectivity index (χ1) is 14.5. The molecule has 2 fully saturated rings. The number of nitrogens with zero attached hydrogens (tertiary/aromatic N) is 3. The molecule has 0 N–H and O–H groups in total. The molecule has 2 aliphatic carbocycles. The van der Waals surface area contributed by atoms with Crippen LogP contribution >= 0.6 is 0 Å². The molecule has 30 heavy (non-hydrogen) atoms. The van der Waals surface area contributed by atoms with Gasteiger partial charge in [0, 0.05) is 12.6 Å². The van der Waals surface area contributed by atoms with Crippen molar-refractivity contribution in [1.29, 1.82) is 0 Å². The minimum absolute atomic E-state index is 0.136. The van der Waals surface area contributed by atoms with Gasteiger partial charge in [-0.15, -0.1) is 10.2 Å². The second-order valence-electron chi connectivity index (χ2n) is 8.51. The Hall–Kier alpha value is -2.57. The maximum atomic E-state index is 13.9. The molecule has 3 aromatic rings. The van der Waals surface area contributed by atoms with Gasteiger partial charge in [0.2, 0.25) is 0 Å². The van der Waals surface area contributed by atoms with Crippen LogP contribution in [0.1, 0.15) is 61.4 Å². The van der Waals surface area contributed by atoms with Gasteiger partial charge in [-0.05, 0) is 62.0 Å². The second-order valence-corrected chi connectivity index (χ2v) is 8.51. The summed E-state index contributed by atoms with van der Waals surface area (Å²) in [5.41, 5.74) is 0.318. The molecule has 0 saturated heterocycles. The number of ether oxygens (including phenoxy) is 1. The second kappa shape index (κ2) is 7.60. The normalized spacial score (nSPS) is 22.4. The van der Waals surface area contributed by atoms with E-state index in [2.05, 4.69) is 22.3 Å². The van der Waals surface area contributed by atoms with Gasteiger partial charge < -0.3 is 4.74 Å². The van der Waals surface area contributed by atoms with Gasteiger partial charge in [0.25, 0.3) is 0 Å². The zero-order chi connectivity index (χ0) is 20.7. The number of fused-ring (bicyclic) bond motifs is 1. The number of pyridine rings is 1. The van der Waals surface area contributed by atoms with Gasteiger partial charge in [0.15, 0.2) is 5.65 Å². The molecular formula is C23H24F3N3O. The Kier molecular flexibility index (Phi) is 4.91. The number of rotatable bonds is 5. The van der Waals surface area contributed by atoms with Gasteiger partial charge in [0.1, 0.15) is 17.1 Å². The van der Waals surface area contributed by atoms with E-state index >= 15 is 0 Å². The molecule has 7 heteroatoms. The van der Waals surface area contributed by atoms with E-state index in [9.17, 15) is 13.2 Å². The van der Waals surface area contributed by atoms with Crippen molar-refractivity contribution in [3.63, 3.8) is 0 Å². The van der Waals surface area contributed by atoms with Crippen LogP contribution in [0.3, 0.4) is 0 Å². The predicted octanol–water partition coefficient (Wildman–Crippen LogP) is 5.81. The number of hydrogen-bond acceptors (Lipinski definition) is 3. The van der Waals surface area contributed by atoms with Crippen molar-refractivity contribution in [2.75, 3.05) is 0 Å². The summed E-state index contributed by atoms with van der Waals surface area (Å²) in [6, 6.07) is 11.7. The van der Waals surface area contributed by atoms with Crippen LogP contribution in [0.15, 0.2) is 42.6 Å². The average Bonchev–Trinajstić information content (AvgIpc) is 3.47. The zero-order valence-corrected chi connectivity index (χ0v) is 16.6. The largest absolute Gasteiger partial charge is 0.490 e. The first kappa shape index (κ1) is 19.4. The van der Waals surface area contributed by atoms with Gasteiger partial charge >= 0.3 is 6.18 Å². The number of halogens is 3. The molecule has 0 unspecified atom stereocenters. The molecule has 2 aliphatic rings. The Balaban J connectivity index is 1.36. The minimum Gasteiger partial charge on any atom is -0.490 e. The molecule has 2 heterocycles. The van der Waals surface area contributed by atoms with Gasteiger partial charge in [-0.3, -0.25) is 4.40 Å². The molecule has 0 bridgehead atoms. The van der Waals surface area contributed by atoms with Crippen molar-refractivity contribution >= 4 is 5.65 Å². The third-order valence-electron chi connectivity index (χ3n) is 6.30. The van der Waals surface area contributed by atoms with E-state index in [-0.39, 0.29) is 17.5 Å². The Morgan fingerprint density at radius 2 is 1.67 bits per heavy atom. The molecule has 1 aromatic carbocycles. The van der Waals surface area contributed by atoms with E-state index < -0.39 is 11.7 Å². The van der Waals surface area contributed by atoms with Gasteiger partial charge in [0.05, 0.1) is 6.10 Å². The summed E-state index contributed by atoms with van der Waals surface area (Å²) in [5.74, 6) is 1.41. The topological polar surface area (TPSA) is 39.4 Å². The summed E-state index contributed by atoms with van der Waals surface area (Å²) >= 11 is 0. The van der Waals surface area contributed by atoms with E-state index in [0.29, 0.717) is 24.1 Å². The van der Waals surface area contributed by atoms with Crippen molar-refractivity contribution < 1.29 is 17.9 Å². The summed E-state index contributed by atoms with van der Waals surface area (Å²) in [7, 11) is 0. The number of hydrogen-bond donors (Lipinski definition) is 0. The van der Waals surface area contributed by atoms with Crippen LogP contribution < -0.4 is 4.74 Å². The van der Waals surface area contributed by atoms with Crippen molar-refractivity contribution in [2.24, 2.45) is 5.92 Å². The summed E-state index contributed by atoms with van der Waals surface area (Å²) in [5, 5.41) is 7.92. The maximum Gasteiger partial charge on any atom is 0.423 e. The Bertz CT molecular complexity index is 1020. The lowest BCUT2D eigenvalue weighted by Crippen LogP contribution is -2.25. The molecular weight excluding hydrogens is 391 g/mol. The molecule has 4 nitrogen and oxygen atoms in total. The summed E-state index contributed by atoms with van der Waals surface area (Å²) in [4.78, 5) is 0. The lowest BCUT2D eigenvalue weighted by molar-refractivity contribution is -0.138. The third kappa shape index (κ3) is 3.89. The number of aromatic nitrogens is 3. The van der Waals surface area contributed by atoms with Crippen LogP contribution in [0.4, 0.5) is 13.2 Å². The first-order valence-electron chi connectivity index (χ1n) is 10.6. The minimum atomic E-state index is -4.55. The smallest absolute Gasteiger partial charge is 0.423 e. The molecule has 2 aromatic heterocycles. The summed E-state index contributed by atoms with van der Waals surface area (Å²) < 4.78 is 49.2. The first-order valence-corrected chi connectivity index (χ1v) is 10.6. The fourth-order valence-electron chi connectivity index (χ4n) is 4.49. The highest BCUT2D eigenvalue weighted by Gasteiger charge is 2.40. The Labute approximate surface area is 173 Å². The molecule has 0 atom stereocenters. The average molecular weight is 415 g/mol. The van der Waals surface area contributed by atoms with Crippen LogP contribution in [0.25, 0.3) is 5.65 Å². The molecule has 0 aliphatic heterocycles. The molecule has 0 spiro atoms. The van der Waals surface area contributed by atoms with Crippen molar-refractivity contribution in [1.82, 2.24) is 14.6 Å². The highest BCUT2D eigenvalue weighted by molar-refractivity contribution is 5.56. The van der Waals surface area contributed by atoms with Gasteiger partial charge in [-0.25, -0.2) is 0 Å². The molecule has 2 saturated carbocycles. The van der Waals surface area contributed by atoms with Crippen molar-refractivity contribution in [2.45, 2.75) is 63.1 Å². The van der Waals surface area contributed by atoms with Gasteiger partial charge in [-0.1, -0.05) is 30.3 Å². The van der Waals surface area contributed by atoms with Crippen LogP contribution in [0.5, 0.6) is 5.75 Å². The van der Waals surface area contributed by atoms with Crippen LogP contribution in [-0.4, -0.2) is 20.7 Å². The predicted molar refractivity (Wildman–Crippen MR) is 106 cm³/mol. The lowest BCUT2D eigenvalue weighted by Gasteiger charge is -2.30. The Morgan fingerprint density at radius 3 is 2.33 bits per heavy atom. The molecule has 0 amide bonds. The third-order valence-corrected chi connectivity index (χ3v) is 6.30. The highest BCUT2D eigenvalue weighted by atomic mass is 19.4. The molecule has 5 rings (SSSR count). The maximum absolute atomic E-state index is 13.9. The number of alkyl halides is 3.